The Hall–Kier alpha value is -0.740. The molecule has 0 fully saturated rings. The van der Waals surface area contributed by atoms with Gasteiger partial charge in [-0.3, -0.25) is 4.79 Å². The maximum Gasteiger partial charge on any atom is 0.258 e. The monoisotopic (exact) mass is 305 g/mol. The van der Waals surface area contributed by atoms with E-state index >= 15 is 0 Å². The molecular formula is C11H13BrClNO2. The predicted molar refractivity (Wildman–Crippen MR) is 67.9 cm³/mol. The largest absolute Gasteiger partial charge is 0.483 e. The fourth-order valence-corrected chi connectivity index (χ4v) is 1.90. The second kappa shape index (κ2) is 6.11. The molecule has 0 spiro atoms. The summed E-state index contributed by atoms with van der Waals surface area (Å²) in [5.41, 5.74) is 0. The van der Waals surface area contributed by atoms with Crippen LogP contribution in [0.3, 0.4) is 0 Å². The molecule has 0 aliphatic carbocycles. The number of ether oxygens (including phenoxy) is 1. The van der Waals surface area contributed by atoms with Crippen LogP contribution in [-0.2, 0) is 4.79 Å². The third kappa shape index (κ3) is 4.41. The predicted octanol–water partition coefficient (Wildman–Crippen LogP) is 3.01. The second-order valence-electron chi connectivity index (χ2n) is 3.59. The minimum Gasteiger partial charge on any atom is -0.483 e. The molecule has 3 nitrogen and oxygen atoms in total. The van der Waals surface area contributed by atoms with E-state index in [1.807, 2.05) is 13.8 Å². The first-order valence-corrected chi connectivity index (χ1v) is 6.03. The normalized spacial score (nSPS) is 10.3. The lowest BCUT2D eigenvalue weighted by Crippen LogP contribution is -2.34. The molecule has 0 aliphatic rings. The quantitative estimate of drug-likeness (QED) is 0.928. The van der Waals surface area contributed by atoms with E-state index < -0.39 is 0 Å². The Balaban J connectivity index is 2.51. The summed E-state index contributed by atoms with van der Waals surface area (Å²) in [4.78, 5) is 11.3. The molecule has 1 N–H and O–H groups in total. The van der Waals surface area contributed by atoms with Crippen LogP contribution in [0.4, 0.5) is 0 Å². The number of amides is 1. The highest BCUT2D eigenvalue weighted by molar-refractivity contribution is 9.10. The van der Waals surface area contributed by atoms with Gasteiger partial charge in [0.2, 0.25) is 0 Å². The Labute approximate surface area is 108 Å². The fourth-order valence-electron chi connectivity index (χ4n) is 1.10. The Morgan fingerprint density at radius 1 is 1.56 bits per heavy atom. The number of benzene rings is 1. The molecule has 88 valence electrons. The van der Waals surface area contributed by atoms with Crippen molar-refractivity contribution in [2.24, 2.45) is 0 Å². The number of rotatable bonds is 4. The smallest absolute Gasteiger partial charge is 0.258 e. The van der Waals surface area contributed by atoms with Crippen LogP contribution in [0, 0.1) is 0 Å². The molecule has 1 aromatic rings. The number of halogens is 2. The van der Waals surface area contributed by atoms with Crippen molar-refractivity contribution in [1.82, 2.24) is 5.32 Å². The molecule has 0 unspecified atom stereocenters. The van der Waals surface area contributed by atoms with E-state index in [9.17, 15) is 4.79 Å². The molecule has 0 radical (unpaired) electrons. The topological polar surface area (TPSA) is 38.3 Å². The molecule has 1 aromatic carbocycles. The highest BCUT2D eigenvalue weighted by Gasteiger charge is 2.06. The summed E-state index contributed by atoms with van der Waals surface area (Å²) in [5, 5.41) is 3.36. The Kier molecular flexibility index (Phi) is 5.09. The van der Waals surface area contributed by atoms with Gasteiger partial charge in [-0.25, -0.2) is 0 Å². The zero-order chi connectivity index (χ0) is 12.1. The summed E-state index contributed by atoms with van der Waals surface area (Å²) in [5.74, 6) is 0.458. The van der Waals surface area contributed by atoms with E-state index in [1.165, 1.54) is 0 Å². The number of nitrogens with one attached hydrogen (secondary N) is 1. The number of hydrogen-bond donors (Lipinski definition) is 1. The Bertz CT molecular complexity index is 382. The van der Waals surface area contributed by atoms with Crippen molar-refractivity contribution in [3.63, 3.8) is 0 Å². The molecule has 0 saturated carbocycles. The van der Waals surface area contributed by atoms with Crippen LogP contribution in [0.5, 0.6) is 5.75 Å². The summed E-state index contributed by atoms with van der Waals surface area (Å²) in [7, 11) is 0. The van der Waals surface area contributed by atoms with Gasteiger partial charge in [-0.05, 0) is 48.0 Å². The average Bonchev–Trinajstić information content (AvgIpc) is 2.15. The van der Waals surface area contributed by atoms with Crippen molar-refractivity contribution < 1.29 is 9.53 Å². The van der Waals surface area contributed by atoms with Gasteiger partial charge in [0.1, 0.15) is 5.75 Å². The van der Waals surface area contributed by atoms with E-state index in [1.54, 1.807) is 18.2 Å². The van der Waals surface area contributed by atoms with Gasteiger partial charge >= 0.3 is 0 Å². The first-order chi connectivity index (χ1) is 7.49. The lowest BCUT2D eigenvalue weighted by atomic mass is 10.3. The second-order valence-corrected chi connectivity index (χ2v) is 4.88. The first kappa shape index (κ1) is 13.3. The number of carbonyl (C=O) groups excluding carboxylic acids is 1. The molecule has 5 heteroatoms. The van der Waals surface area contributed by atoms with Gasteiger partial charge in [0, 0.05) is 11.1 Å². The van der Waals surface area contributed by atoms with Crippen molar-refractivity contribution in [1.29, 1.82) is 0 Å². The summed E-state index contributed by atoms with van der Waals surface area (Å²) in [6, 6.07) is 5.26. The van der Waals surface area contributed by atoms with Gasteiger partial charge < -0.3 is 10.1 Å². The van der Waals surface area contributed by atoms with Gasteiger partial charge in [-0.15, -0.1) is 0 Å². The SMILES string of the molecule is CC(C)NC(=O)COc1ccc(Cl)cc1Br. The van der Waals surface area contributed by atoms with E-state index in [0.717, 1.165) is 4.47 Å². The molecule has 0 aliphatic heterocycles. The molecule has 16 heavy (non-hydrogen) atoms. The van der Waals surface area contributed by atoms with Gasteiger partial charge in [-0.1, -0.05) is 11.6 Å². The third-order valence-corrected chi connectivity index (χ3v) is 2.56. The number of hydrogen-bond acceptors (Lipinski definition) is 2. The van der Waals surface area contributed by atoms with Gasteiger partial charge in [0.25, 0.3) is 5.91 Å². The molecule has 0 heterocycles. The zero-order valence-electron chi connectivity index (χ0n) is 9.09. The van der Waals surface area contributed by atoms with Crippen LogP contribution in [-0.4, -0.2) is 18.6 Å². The number of carbonyl (C=O) groups is 1. The molecular weight excluding hydrogens is 293 g/mol. The maximum atomic E-state index is 11.3. The summed E-state index contributed by atoms with van der Waals surface area (Å²) >= 11 is 9.09. The van der Waals surface area contributed by atoms with Gasteiger partial charge in [0.05, 0.1) is 4.47 Å². The fraction of sp³-hybridized carbons (Fsp3) is 0.364. The van der Waals surface area contributed by atoms with E-state index in [2.05, 4.69) is 21.2 Å². The molecule has 1 amide bonds. The Morgan fingerprint density at radius 2 is 2.25 bits per heavy atom. The van der Waals surface area contributed by atoms with Crippen molar-refractivity contribution in [2.45, 2.75) is 19.9 Å². The van der Waals surface area contributed by atoms with E-state index in [0.29, 0.717) is 10.8 Å². The van der Waals surface area contributed by atoms with Crippen LogP contribution >= 0.6 is 27.5 Å². The first-order valence-electron chi connectivity index (χ1n) is 4.86. The van der Waals surface area contributed by atoms with Crippen molar-refractivity contribution in [3.8, 4) is 5.75 Å². The van der Waals surface area contributed by atoms with Crippen LogP contribution < -0.4 is 10.1 Å². The molecule has 1 rings (SSSR count). The van der Waals surface area contributed by atoms with Gasteiger partial charge in [-0.2, -0.15) is 0 Å². The van der Waals surface area contributed by atoms with Crippen LogP contribution in [0.25, 0.3) is 0 Å². The van der Waals surface area contributed by atoms with Crippen LogP contribution in [0.2, 0.25) is 5.02 Å². The highest BCUT2D eigenvalue weighted by Crippen LogP contribution is 2.27. The molecule has 0 bridgehead atoms. The van der Waals surface area contributed by atoms with Crippen LogP contribution in [0.1, 0.15) is 13.8 Å². The highest BCUT2D eigenvalue weighted by atomic mass is 79.9. The lowest BCUT2D eigenvalue weighted by Gasteiger charge is -2.10. The summed E-state index contributed by atoms with van der Waals surface area (Å²) in [6.45, 7) is 3.80. The minimum atomic E-state index is -0.142. The standard InChI is InChI=1S/C11H13BrClNO2/c1-7(2)14-11(15)6-16-10-4-3-8(13)5-9(10)12/h3-5,7H,6H2,1-2H3,(H,14,15). The maximum absolute atomic E-state index is 11.3. The average molecular weight is 307 g/mol. The summed E-state index contributed by atoms with van der Waals surface area (Å²) < 4.78 is 6.07. The van der Waals surface area contributed by atoms with Crippen molar-refractivity contribution >= 4 is 33.4 Å². The van der Waals surface area contributed by atoms with E-state index in [-0.39, 0.29) is 18.6 Å². The van der Waals surface area contributed by atoms with Crippen LogP contribution in [0.15, 0.2) is 22.7 Å². The van der Waals surface area contributed by atoms with Crippen molar-refractivity contribution in [3.05, 3.63) is 27.7 Å². The molecule has 0 aromatic heterocycles. The summed E-state index contributed by atoms with van der Waals surface area (Å²) in [6.07, 6.45) is 0. The lowest BCUT2D eigenvalue weighted by molar-refractivity contribution is -0.123. The third-order valence-electron chi connectivity index (χ3n) is 1.70. The van der Waals surface area contributed by atoms with Crippen molar-refractivity contribution in [2.75, 3.05) is 6.61 Å². The minimum absolute atomic E-state index is 0.00158. The molecule has 0 atom stereocenters. The molecule has 0 saturated heterocycles. The Morgan fingerprint density at radius 3 is 2.81 bits per heavy atom. The van der Waals surface area contributed by atoms with E-state index in [4.69, 9.17) is 16.3 Å². The van der Waals surface area contributed by atoms with Gasteiger partial charge in [0.15, 0.2) is 6.61 Å². The zero-order valence-corrected chi connectivity index (χ0v) is 11.4.